The van der Waals surface area contributed by atoms with Crippen LogP contribution in [0.4, 0.5) is 0 Å². The van der Waals surface area contributed by atoms with Gasteiger partial charge in [0, 0.05) is 31.5 Å². The standard InChI is InChI=1S/C15H23BrN2O2S/c1-14-6-5-10-17(12-14)21(19,20)18(11-9-16)13-15-7-3-2-4-8-15/h2-4,7-8,14H,5-6,9-13H2,1H3. The Hall–Kier alpha value is -0.430. The fraction of sp³-hybridized carbons (Fsp3) is 0.600. The van der Waals surface area contributed by atoms with Crippen molar-refractivity contribution in [2.45, 2.75) is 26.3 Å². The van der Waals surface area contributed by atoms with E-state index in [0.29, 0.717) is 37.4 Å². The van der Waals surface area contributed by atoms with Gasteiger partial charge in [-0.2, -0.15) is 17.0 Å². The first-order chi connectivity index (χ1) is 10.0. The van der Waals surface area contributed by atoms with Crippen LogP contribution in [0.1, 0.15) is 25.3 Å². The monoisotopic (exact) mass is 374 g/mol. The number of alkyl halides is 1. The van der Waals surface area contributed by atoms with Crippen LogP contribution in [0.5, 0.6) is 0 Å². The summed E-state index contributed by atoms with van der Waals surface area (Å²) in [6, 6.07) is 9.76. The summed E-state index contributed by atoms with van der Waals surface area (Å²) in [5, 5.41) is 0.641. The van der Waals surface area contributed by atoms with Crippen molar-refractivity contribution in [1.29, 1.82) is 0 Å². The molecule has 1 aliphatic heterocycles. The van der Waals surface area contributed by atoms with Gasteiger partial charge in [0.05, 0.1) is 0 Å². The maximum absolute atomic E-state index is 12.9. The second kappa shape index (κ2) is 7.72. The highest BCUT2D eigenvalue weighted by Gasteiger charge is 2.32. The van der Waals surface area contributed by atoms with E-state index in [9.17, 15) is 8.42 Å². The van der Waals surface area contributed by atoms with Crippen molar-refractivity contribution in [2.75, 3.05) is 25.0 Å². The van der Waals surface area contributed by atoms with Crippen LogP contribution >= 0.6 is 15.9 Å². The topological polar surface area (TPSA) is 40.6 Å². The highest BCUT2D eigenvalue weighted by atomic mass is 79.9. The molecule has 1 aromatic rings. The van der Waals surface area contributed by atoms with Crippen LogP contribution in [0.15, 0.2) is 30.3 Å². The van der Waals surface area contributed by atoms with Crippen molar-refractivity contribution >= 4 is 26.1 Å². The van der Waals surface area contributed by atoms with E-state index in [4.69, 9.17) is 0 Å². The zero-order chi connectivity index (χ0) is 15.3. The van der Waals surface area contributed by atoms with E-state index in [1.165, 1.54) is 0 Å². The second-order valence-corrected chi connectivity index (χ2v) is 8.34. The third-order valence-electron chi connectivity index (χ3n) is 3.81. The van der Waals surface area contributed by atoms with Gasteiger partial charge in [-0.25, -0.2) is 0 Å². The number of hydrogen-bond acceptors (Lipinski definition) is 2. The second-order valence-electron chi connectivity index (χ2n) is 5.62. The number of rotatable bonds is 6. The van der Waals surface area contributed by atoms with Gasteiger partial charge in [0.1, 0.15) is 0 Å². The van der Waals surface area contributed by atoms with E-state index in [1.54, 1.807) is 8.61 Å². The van der Waals surface area contributed by atoms with E-state index in [1.807, 2.05) is 30.3 Å². The number of halogens is 1. The lowest BCUT2D eigenvalue weighted by Crippen LogP contribution is -2.47. The molecular weight excluding hydrogens is 352 g/mol. The Labute approximate surface area is 136 Å². The molecule has 1 aliphatic rings. The lowest BCUT2D eigenvalue weighted by molar-refractivity contribution is 0.258. The van der Waals surface area contributed by atoms with Gasteiger partial charge in [0.25, 0.3) is 10.2 Å². The van der Waals surface area contributed by atoms with Crippen LogP contribution < -0.4 is 0 Å². The summed E-state index contributed by atoms with van der Waals surface area (Å²) < 4.78 is 28.9. The molecule has 0 spiro atoms. The van der Waals surface area contributed by atoms with Gasteiger partial charge in [-0.3, -0.25) is 0 Å². The fourth-order valence-electron chi connectivity index (χ4n) is 2.68. The molecule has 0 radical (unpaired) electrons. The molecule has 4 nitrogen and oxygen atoms in total. The molecule has 0 saturated carbocycles. The zero-order valence-electron chi connectivity index (χ0n) is 12.4. The maximum Gasteiger partial charge on any atom is 0.282 e. The molecule has 1 unspecified atom stereocenters. The van der Waals surface area contributed by atoms with Gasteiger partial charge >= 0.3 is 0 Å². The van der Waals surface area contributed by atoms with Crippen LogP contribution in [-0.4, -0.2) is 42.0 Å². The third-order valence-corrected chi connectivity index (χ3v) is 6.11. The highest BCUT2D eigenvalue weighted by molar-refractivity contribution is 9.09. The van der Waals surface area contributed by atoms with E-state index in [-0.39, 0.29) is 0 Å². The van der Waals surface area contributed by atoms with Crippen LogP contribution in [0.3, 0.4) is 0 Å². The van der Waals surface area contributed by atoms with Crippen molar-refractivity contribution in [3.63, 3.8) is 0 Å². The Morgan fingerprint density at radius 3 is 2.67 bits per heavy atom. The summed E-state index contributed by atoms with van der Waals surface area (Å²) in [5.41, 5.74) is 1.02. The first-order valence-electron chi connectivity index (χ1n) is 7.39. The van der Waals surface area contributed by atoms with Crippen LogP contribution in [0.2, 0.25) is 0 Å². The fourth-order valence-corrected chi connectivity index (χ4v) is 5.10. The number of piperidine rings is 1. The minimum atomic E-state index is -3.38. The SMILES string of the molecule is CC1CCCN(S(=O)(=O)N(CCBr)Cc2ccccc2)C1. The molecule has 0 bridgehead atoms. The summed E-state index contributed by atoms with van der Waals surface area (Å²) in [7, 11) is -3.38. The first kappa shape index (κ1) is 16.9. The number of benzene rings is 1. The minimum Gasteiger partial charge on any atom is -0.195 e. The highest BCUT2D eigenvalue weighted by Crippen LogP contribution is 2.22. The van der Waals surface area contributed by atoms with E-state index >= 15 is 0 Å². The lowest BCUT2D eigenvalue weighted by atomic mass is 10.0. The number of hydrogen-bond donors (Lipinski definition) is 0. The summed E-state index contributed by atoms with van der Waals surface area (Å²) in [6.07, 6.45) is 2.07. The molecule has 1 atom stereocenters. The van der Waals surface area contributed by atoms with Gasteiger partial charge in [0.15, 0.2) is 0 Å². The van der Waals surface area contributed by atoms with Gasteiger partial charge in [0.2, 0.25) is 0 Å². The van der Waals surface area contributed by atoms with Crippen molar-refractivity contribution in [3.8, 4) is 0 Å². The van der Waals surface area contributed by atoms with Crippen LogP contribution in [0.25, 0.3) is 0 Å². The Kier molecular flexibility index (Phi) is 6.22. The van der Waals surface area contributed by atoms with Gasteiger partial charge in [-0.05, 0) is 24.3 Å². The predicted molar refractivity (Wildman–Crippen MR) is 89.5 cm³/mol. The van der Waals surface area contributed by atoms with Gasteiger partial charge < -0.3 is 0 Å². The molecule has 0 amide bonds. The molecule has 118 valence electrons. The molecule has 6 heteroatoms. The van der Waals surface area contributed by atoms with E-state index in [0.717, 1.165) is 18.4 Å². The van der Waals surface area contributed by atoms with Gasteiger partial charge in [-0.1, -0.05) is 53.2 Å². The van der Waals surface area contributed by atoms with Crippen LogP contribution in [-0.2, 0) is 16.8 Å². The third kappa shape index (κ3) is 4.52. The van der Waals surface area contributed by atoms with E-state index < -0.39 is 10.2 Å². The normalized spacial score (nSPS) is 20.8. The van der Waals surface area contributed by atoms with E-state index in [2.05, 4.69) is 22.9 Å². The average Bonchev–Trinajstić information content (AvgIpc) is 2.48. The Morgan fingerprint density at radius 1 is 1.33 bits per heavy atom. The lowest BCUT2D eigenvalue weighted by Gasteiger charge is -2.34. The molecule has 1 heterocycles. The summed E-state index contributed by atoms with van der Waals surface area (Å²) in [4.78, 5) is 0. The quantitative estimate of drug-likeness (QED) is 0.718. The zero-order valence-corrected chi connectivity index (χ0v) is 14.8. The molecule has 1 fully saturated rings. The molecule has 2 rings (SSSR count). The largest absolute Gasteiger partial charge is 0.282 e. The van der Waals surface area contributed by atoms with Crippen molar-refractivity contribution in [2.24, 2.45) is 5.92 Å². The summed E-state index contributed by atoms with van der Waals surface area (Å²) in [6.45, 7) is 4.31. The first-order valence-corrected chi connectivity index (χ1v) is 9.91. The van der Waals surface area contributed by atoms with Crippen molar-refractivity contribution < 1.29 is 8.42 Å². The van der Waals surface area contributed by atoms with Crippen molar-refractivity contribution in [3.05, 3.63) is 35.9 Å². The molecule has 1 saturated heterocycles. The minimum absolute atomic E-state index is 0.430. The molecule has 21 heavy (non-hydrogen) atoms. The van der Waals surface area contributed by atoms with Crippen molar-refractivity contribution in [1.82, 2.24) is 8.61 Å². The molecule has 0 aliphatic carbocycles. The smallest absolute Gasteiger partial charge is 0.195 e. The van der Waals surface area contributed by atoms with Crippen LogP contribution in [0, 0.1) is 5.92 Å². The predicted octanol–water partition coefficient (Wildman–Crippen LogP) is 2.86. The molecule has 0 N–H and O–H groups in total. The molecule has 1 aromatic carbocycles. The maximum atomic E-state index is 12.9. The number of nitrogens with zero attached hydrogens (tertiary/aromatic N) is 2. The Balaban J connectivity index is 2.15. The Morgan fingerprint density at radius 2 is 2.05 bits per heavy atom. The molecule has 0 aromatic heterocycles. The average molecular weight is 375 g/mol. The van der Waals surface area contributed by atoms with Gasteiger partial charge in [-0.15, -0.1) is 0 Å². The summed E-state index contributed by atoms with van der Waals surface area (Å²) in [5.74, 6) is 0.441. The Bertz CT molecular complexity index is 536. The molecular formula is C15H23BrN2O2S. The summed E-state index contributed by atoms with van der Waals surface area (Å²) >= 11 is 3.37.